The van der Waals surface area contributed by atoms with Gasteiger partial charge in [0.05, 0.1) is 17.3 Å². The maximum Gasteiger partial charge on any atom is 0.335 e. The molecular weight excluding hydrogens is 708 g/mol. The summed E-state index contributed by atoms with van der Waals surface area (Å²) in [6.07, 6.45) is 1.78. The van der Waals surface area contributed by atoms with Crippen LogP contribution in [0.25, 0.3) is 0 Å². The molecule has 3 aliphatic heterocycles. The van der Waals surface area contributed by atoms with Crippen molar-refractivity contribution in [3.8, 4) is 17.8 Å². The molecule has 302 valence electrons. The first-order valence-electron chi connectivity index (χ1n) is 19.5. The molecule has 2 bridgehead atoms. The molecule has 1 saturated heterocycles. The number of rotatable bonds is 17. The molecular formula is C43H58O12. The summed E-state index contributed by atoms with van der Waals surface area (Å²) in [5.74, 6) is 1.70. The van der Waals surface area contributed by atoms with Crippen LogP contribution in [0.2, 0.25) is 0 Å². The molecule has 4 aliphatic rings. The number of aliphatic hydroxyl groups excluding tert-OH is 4. The highest BCUT2D eigenvalue weighted by Crippen LogP contribution is 2.44. The van der Waals surface area contributed by atoms with Crippen LogP contribution in [-0.4, -0.2) is 110 Å². The van der Waals surface area contributed by atoms with Crippen LogP contribution in [0.1, 0.15) is 91.3 Å². The molecule has 6 rings (SSSR count). The fourth-order valence-corrected chi connectivity index (χ4v) is 8.45. The Kier molecular flexibility index (Phi) is 15.2. The summed E-state index contributed by atoms with van der Waals surface area (Å²) < 4.78 is 23.9. The first-order chi connectivity index (χ1) is 26.4. The number of fused-ring (bicyclic) bond motifs is 8. The van der Waals surface area contributed by atoms with E-state index in [2.05, 4.69) is 18.6 Å². The van der Waals surface area contributed by atoms with E-state index in [1.807, 2.05) is 18.2 Å². The van der Waals surface area contributed by atoms with Gasteiger partial charge in [-0.05, 0) is 130 Å². The van der Waals surface area contributed by atoms with Crippen molar-refractivity contribution in [2.75, 3.05) is 20.3 Å². The Labute approximate surface area is 323 Å². The van der Waals surface area contributed by atoms with Crippen LogP contribution in [0.5, 0.6) is 5.75 Å². The maximum atomic E-state index is 12.5. The lowest BCUT2D eigenvalue weighted by atomic mass is 9.74. The number of carboxylic acids is 1. The number of carbonyl (C=O) groups is 1. The van der Waals surface area contributed by atoms with Gasteiger partial charge in [-0.1, -0.05) is 30.2 Å². The average Bonchev–Trinajstić information content (AvgIpc) is 3.54. The van der Waals surface area contributed by atoms with Gasteiger partial charge in [-0.15, -0.1) is 6.58 Å². The van der Waals surface area contributed by atoms with Crippen LogP contribution in [0, 0.1) is 23.9 Å². The number of hydrogen-bond acceptors (Lipinski definition) is 11. The second kappa shape index (κ2) is 19.6. The molecule has 1 aliphatic carbocycles. The van der Waals surface area contributed by atoms with E-state index in [1.54, 1.807) is 37.4 Å². The second-order valence-corrected chi connectivity index (χ2v) is 15.6. The third kappa shape index (κ3) is 10.9. The van der Waals surface area contributed by atoms with Gasteiger partial charge < -0.3 is 54.7 Å². The predicted octanol–water partition coefficient (Wildman–Crippen LogP) is 3.69. The lowest BCUT2D eigenvalue weighted by Crippen LogP contribution is -2.70. The molecule has 0 aromatic heterocycles. The Balaban J connectivity index is 1.40. The fourth-order valence-electron chi connectivity index (χ4n) is 8.45. The maximum absolute atomic E-state index is 12.5. The first kappa shape index (κ1) is 42.6. The zero-order chi connectivity index (χ0) is 39.6. The van der Waals surface area contributed by atoms with Crippen LogP contribution >= 0.6 is 0 Å². The minimum atomic E-state index is -2.21. The number of methoxy groups -OCH3 is 1. The number of aryl methyl sites for hydroxylation is 1. The predicted molar refractivity (Wildman–Crippen MR) is 203 cm³/mol. The Bertz CT molecular complexity index is 1620. The van der Waals surface area contributed by atoms with E-state index in [-0.39, 0.29) is 43.8 Å². The van der Waals surface area contributed by atoms with Gasteiger partial charge in [-0.25, -0.2) is 4.79 Å². The number of hydrogen-bond donors (Lipinski definition) is 7. The molecule has 0 unspecified atom stereocenters. The average molecular weight is 767 g/mol. The topological polar surface area (TPSA) is 196 Å². The number of aliphatic hydroxyl groups is 6. The highest BCUT2D eigenvalue weighted by Gasteiger charge is 2.59. The Morgan fingerprint density at radius 3 is 2.55 bits per heavy atom. The molecule has 3 heterocycles. The van der Waals surface area contributed by atoms with Crippen molar-refractivity contribution in [1.29, 1.82) is 0 Å². The quantitative estimate of drug-likeness (QED) is 0.0703. The van der Waals surface area contributed by atoms with Crippen molar-refractivity contribution < 1.29 is 59.5 Å². The third-order valence-electron chi connectivity index (χ3n) is 11.6. The van der Waals surface area contributed by atoms with E-state index >= 15 is 0 Å². The molecule has 10 atom stereocenters. The van der Waals surface area contributed by atoms with Gasteiger partial charge in [-0.2, -0.15) is 0 Å². The molecule has 0 radical (unpaired) electrons. The van der Waals surface area contributed by atoms with Crippen LogP contribution in [-0.2, 0) is 33.5 Å². The summed E-state index contributed by atoms with van der Waals surface area (Å²) in [5, 5.41) is 77.9. The number of benzene rings is 2. The van der Waals surface area contributed by atoms with Crippen molar-refractivity contribution in [2.24, 2.45) is 11.8 Å². The highest BCUT2D eigenvalue weighted by atomic mass is 16.7. The molecule has 2 aromatic carbocycles. The molecule has 0 amide bonds. The third-order valence-corrected chi connectivity index (χ3v) is 11.6. The van der Waals surface area contributed by atoms with E-state index in [1.165, 1.54) is 0 Å². The number of ether oxygens (including phenoxy) is 4. The number of allylic oxidation sites excluding steroid dienone is 1. The van der Waals surface area contributed by atoms with E-state index in [4.69, 9.17) is 18.9 Å². The molecule has 12 heteroatoms. The standard InChI is InChI=1S/C43H58O12/c1-3-7-30-15-16-34(25-32(30)8-5-22-52-2)54-41-43(51)27-33(35(45)9-6-23-53-36(10-4-21-44)38(55-41)37(46)39(43)47)18-20-42(50)19-17-29(26-42)24-28-11-13-31(14-12-28)40(48)49/h3,11-16,25,29,33,35-39,41,44-47,50-51H,1,4-5,7-10,17-22,24,26-27H2,2H3,(H,48,49)/t29-,33+,35+,36-,37-,38-,39+,41-,42+,43+/m1/s1. The number of aromatic carboxylic acids is 1. The Hall–Kier alpha value is -3.51. The zero-order valence-corrected chi connectivity index (χ0v) is 31.7. The van der Waals surface area contributed by atoms with Gasteiger partial charge in [0.15, 0.2) is 5.60 Å². The summed E-state index contributed by atoms with van der Waals surface area (Å²) in [7, 11) is 1.64. The van der Waals surface area contributed by atoms with Crippen molar-refractivity contribution in [1.82, 2.24) is 0 Å². The van der Waals surface area contributed by atoms with Gasteiger partial charge >= 0.3 is 5.97 Å². The lowest BCUT2D eigenvalue weighted by molar-refractivity contribution is -0.333. The van der Waals surface area contributed by atoms with Gasteiger partial charge in [0.1, 0.15) is 36.3 Å². The van der Waals surface area contributed by atoms with Gasteiger partial charge in [0, 0.05) is 26.7 Å². The molecule has 0 spiro atoms. The van der Waals surface area contributed by atoms with Gasteiger partial charge in [-0.3, -0.25) is 0 Å². The minimum Gasteiger partial charge on any atom is -0.478 e. The smallest absolute Gasteiger partial charge is 0.335 e. The Morgan fingerprint density at radius 1 is 1.05 bits per heavy atom. The van der Waals surface area contributed by atoms with Gasteiger partial charge in [0.2, 0.25) is 6.29 Å². The normalized spacial score (nSPS) is 32.1. The summed E-state index contributed by atoms with van der Waals surface area (Å²) in [6, 6.07) is 12.3. The number of carboxylic acid groups (broad SMARTS) is 1. The molecule has 55 heavy (non-hydrogen) atoms. The van der Waals surface area contributed by atoms with E-state index in [0.717, 1.165) is 29.5 Å². The van der Waals surface area contributed by atoms with Crippen LogP contribution in [0.15, 0.2) is 55.1 Å². The van der Waals surface area contributed by atoms with Crippen LogP contribution < -0.4 is 4.74 Å². The van der Waals surface area contributed by atoms with E-state index in [0.29, 0.717) is 57.3 Å². The summed E-state index contributed by atoms with van der Waals surface area (Å²) in [6.45, 7) is 4.29. The highest BCUT2D eigenvalue weighted by molar-refractivity contribution is 5.87. The van der Waals surface area contributed by atoms with E-state index < -0.39 is 59.9 Å². The molecule has 2 fully saturated rings. The second-order valence-electron chi connectivity index (χ2n) is 15.6. The van der Waals surface area contributed by atoms with Crippen molar-refractivity contribution in [2.45, 2.75) is 131 Å². The van der Waals surface area contributed by atoms with Crippen LogP contribution in [0.4, 0.5) is 0 Å². The van der Waals surface area contributed by atoms with Crippen molar-refractivity contribution >= 4 is 5.97 Å². The largest absolute Gasteiger partial charge is 0.478 e. The fraction of sp³-hybridized carbons (Fsp3) is 0.605. The van der Waals surface area contributed by atoms with Crippen molar-refractivity contribution in [3.05, 3.63) is 77.4 Å². The summed E-state index contributed by atoms with van der Waals surface area (Å²) >= 11 is 0. The minimum absolute atomic E-state index is 0.00778. The van der Waals surface area contributed by atoms with Crippen LogP contribution in [0.3, 0.4) is 0 Å². The molecule has 12 nitrogen and oxygen atoms in total. The summed E-state index contributed by atoms with van der Waals surface area (Å²) in [4.78, 5) is 11.3. The van der Waals surface area contributed by atoms with Crippen molar-refractivity contribution in [3.63, 3.8) is 0 Å². The first-order valence-corrected chi connectivity index (χ1v) is 19.5. The molecule has 2 aromatic rings. The van der Waals surface area contributed by atoms with Gasteiger partial charge in [0.25, 0.3) is 0 Å². The summed E-state index contributed by atoms with van der Waals surface area (Å²) in [5.41, 5.74) is -0.00261. The van der Waals surface area contributed by atoms with E-state index in [9.17, 15) is 40.5 Å². The Morgan fingerprint density at radius 2 is 1.84 bits per heavy atom. The lowest BCUT2D eigenvalue weighted by Gasteiger charge is -2.50. The molecule has 1 saturated carbocycles. The molecule has 7 N–H and O–H groups in total. The SMILES string of the molecule is C=CCc1ccc(O[C@@H]2O[C@H]3[C@@H](O)[C@H](O)[C@@]2(O)C[C@H](CC[C@@]2(O)CC[C@H](Cc4ccc(C(=O)O)cc4)C2)[C@@H](O)CC#CO[C@@H]3CCCO)cc1CCCOC. The zero-order valence-electron chi connectivity index (χ0n) is 31.7. The monoisotopic (exact) mass is 766 g/mol.